The number of hydrogen-bond acceptors (Lipinski definition) is 3. The van der Waals surface area contributed by atoms with Gasteiger partial charge in [-0.2, -0.15) is 5.26 Å². The highest BCUT2D eigenvalue weighted by Gasteiger charge is 2.06. The van der Waals surface area contributed by atoms with Crippen LogP contribution in [0.5, 0.6) is 0 Å². The Bertz CT molecular complexity index is 393. The molecule has 1 rings (SSSR count). The number of nitrogens with zero attached hydrogens (tertiary/aromatic N) is 2. The van der Waals surface area contributed by atoms with E-state index in [1.54, 1.807) is 0 Å². The Hall–Kier alpha value is -1.82. The van der Waals surface area contributed by atoms with E-state index in [1.807, 2.05) is 37.1 Å². The van der Waals surface area contributed by atoms with E-state index in [9.17, 15) is 4.79 Å². The van der Waals surface area contributed by atoms with E-state index in [0.29, 0.717) is 18.5 Å². The van der Waals surface area contributed by atoms with Crippen LogP contribution in [-0.2, 0) is 0 Å². The highest BCUT2D eigenvalue weighted by atomic mass is 16.1. The van der Waals surface area contributed by atoms with Gasteiger partial charge < -0.3 is 4.90 Å². The molecular formula is C12H14N2O. The molecule has 15 heavy (non-hydrogen) atoms. The molecule has 0 unspecified atom stereocenters. The van der Waals surface area contributed by atoms with E-state index in [4.69, 9.17) is 5.26 Å². The number of hydrogen-bond donors (Lipinski definition) is 0. The summed E-state index contributed by atoms with van der Waals surface area (Å²) < 4.78 is 0. The Kier molecular flexibility index (Phi) is 3.87. The third-order valence-electron chi connectivity index (χ3n) is 2.28. The lowest BCUT2D eigenvalue weighted by Crippen LogP contribution is -2.19. The van der Waals surface area contributed by atoms with E-state index in [2.05, 4.69) is 6.07 Å². The van der Waals surface area contributed by atoms with Crippen LogP contribution in [-0.4, -0.2) is 19.9 Å². The van der Waals surface area contributed by atoms with Crippen LogP contribution in [0.25, 0.3) is 0 Å². The monoisotopic (exact) mass is 202 g/mol. The summed E-state index contributed by atoms with van der Waals surface area (Å²) in [5.74, 6) is 0. The van der Waals surface area contributed by atoms with Gasteiger partial charge in [0.2, 0.25) is 0 Å². The zero-order chi connectivity index (χ0) is 11.3. The topological polar surface area (TPSA) is 44.1 Å². The molecule has 0 aliphatic heterocycles. The van der Waals surface area contributed by atoms with Crippen LogP contribution in [0.1, 0.15) is 22.3 Å². The van der Waals surface area contributed by atoms with Crippen LogP contribution in [0.4, 0.5) is 5.69 Å². The highest BCUT2D eigenvalue weighted by molar-refractivity contribution is 5.84. The van der Waals surface area contributed by atoms with Crippen LogP contribution in [0.2, 0.25) is 0 Å². The number of carbonyl (C=O) groups is 1. The molecule has 0 spiro atoms. The van der Waals surface area contributed by atoms with Crippen molar-refractivity contribution in [2.24, 2.45) is 0 Å². The van der Waals surface area contributed by atoms with Gasteiger partial charge in [-0.1, -0.05) is 11.6 Å². The van der Waals surface area contributed by atoms with Gasteiger partial charge in [-0.05, 0) is 19.1 Å². The molecule has 0 atom stereocenters. The van der Waals surface area contributed by atoms with Gasteiger partial charge in [0, 0.05) is 24.8 Å². The van der Waals surface area contributed by atoms with Gasteiger partial charge in [0.25, 0.3) is 0 Å². The Morgan fingerprint density at radius 1 is 1.53 bits per heavy atom. The molecule has 1 aromatic rings. The minimum Gasteiger partial charge on any atom is -0.373 e. The average Bonchev–Trinajstić information content (AvgIpc) is 2.25. The van der Waals surface area contributed by atoms with Gasteiger partial charge in [0.05, 0.1) is 12.5 Å². The molecule has 0 aliphatic rings. The third kappa shape index (κ3) is 2.81. The van der Waals surface area contributed by atoms with Gasteiger partial charge in [0.1, 0.15) is 0 Å². The van der Waals surface area contributed by atoms with E-state index in [-0.39, 0.29) is 0 Å². The molecule has 0 N–H and O–H groups in total. The molecule has 0 saturated carbocycles. The molecule has 0 bridgehead atoms. The lowest BCUT2D eigenvalue weighted by molar-refractivity contribution is 0.112. The maximum Gasteiger partial charge on any atom is 0.152 e. The average molecular weight is 202 g/mol. The fourth-order valence-electron chi connectivity index (χ4n) is 1.45. The standard InChI is InChI=1S/C12H14N2O/c1-10-4-5-12(11(8-10)9-15)14(2)7-3-6-13/h4-5,8-9H,3,7H2,1-2H3. The predicted molar refractivity (Wildman–Crippen MR) is 60.1 cm³/mol. The first-order valence-corrected chi connectivity index (χ1v) is 4.83. The van der Waals surface area contributed by atoms with Crippen molar-refractivity contribution < 1.29 is 4.79 Å². The van der Waals surface area contributed by atoms with Crippen molar-refractivity contribution in [2.75, 3.05) is 18.5 Å². The molecular weight excluding hydrogens is 188 g/mol. The first kappa shape index (κ1) is 11.3. The largest absolute Gasteiger partial charge is 0.373 e. The highest BCUT2D eigenvalue weighted by Crippen LogP contribution is 2.19. The van der Waals surface area contributed by atoms with Crippen molar-refractivity contribution in [3.63, 3.8) is 0 Å². The minimum atomic E-state index is 0.461. The predicted octanol–water partition coefficient (Wildman–Crippen LogP) is 2.16. The van der Waals surface area contributed by atoms with Crippen LogP contribution in [0.3, 0.4) is 0 Å². The molecule has 0 aliphatic carbocycles. The maximum absolute atomic E-state index is 10.9. The van der Waals surface area contributed by atoms with E-state index in [0.717, 1.165) is 17.5 Å². The number of benzene rings is 1. The Balaban J connectivity index is 2.93. The molecule has 78 valence electrons. The van der Waals surface area contributed by atoms with Crippen molar-refractivity contribution in [1.82, 2.24) is 0 Å². The molecule has 1 aromatic carbocycles. The summed E-state index contributed by atoms with van der Waals surface area (Å²) in [5.41, 5.74) is 2.62. The van der Waals surface area contributed by atoms with Crippen molar-refractivity contribution in [3.8, 4) is 6.07 Å². The van der Waals surface area contributed by atoms with Crippen molar-refractivity contribution in [2.45, 2.75) is 13.3 Å². The van der Waals surface area contributed by atoms with Crippen LogP contribution in [0.15, 0.2) is 18.2 Å². The van der Waals surface area contributed by atoms with E-state index < -0.39 is 0 Å². The summed E-state index contributed by atoms with van der Waals surface area (Å²) in [6.45, 7) is 2.59. The van der Waals surface area contributed by atoms with E-state index in [1.165, 1.54) is 0 Å². The lowest BCUT2D eigenvalue weighted by Gasteiger charge is -2.19. The summed E-state index contributed by atoms with van der Waals surface area (Å²) in [4.78, 5) is 12.8. The molecule has 0 aromatic heterocycles. The number of carbonyl (C=O) groups excluding carboxylic acids is 1. The first-order valence-electron chi connectivity index (χ1n) is 4.83. The molecule has 0 fully saturated rings. The molecule has 0 amide bonds. The summed E-state index contributed by atoms with van der Waals surface area (Å²) in [6.07, 6.45) is 1.31. The number of nitriles is 1. The summed E-state index contributed by atoms with van der Waals surface area (Å²) in [6, 6.07) is 7.82. The van der Waals surface area contributed by atoms with Gasteiger partial charge in [-0.25, -0.2) is 0 Å². The summed E-state index contributed by atoms with van der Waals surface area (Å²) in [5, 5.41) is 8.49. The second-order valence-corrected chi connectivity index (χ2v) is 3.51. The molecule has 0 heterocycles. The Morgan fingerprint density at radius 3 is 2.87 bits per heavy atom. The Morgan fingerprint density at radius 2 is 2.27 bits per heavy atom. The first-order chi connectivity index (χ1) is 7.19. The van der Waals surface area contributed by atoms with Gasteiger partial charge in [0.15, 0.2) is 6.29 Å². The Labute approximate surface area is 89.9 Å². The zero-order valence-corrected chi connectivity index (χ0v) is 9.03. The molecule has 0 saturated heterocycles. The molecule has 3 heteroatoms. The summed E-state index contributed by atoms with van der Waals surface area (Å²) in [7, 11) is 1.88. The lowest BCUT2D eigenvalue weighted by atomic mass is 10.1. The normalized spacial score (nSPS) is 9.40. The zero-order valence-electron chi connectivity index (χ0n) is 9.03. The summed E-state index contributed by atoms with van der Waals surface area (Å²) >= 11 is 0. The van der Waals surface area contributed by atoms with Crippen molar-refractivity contribution >= 4 is 12.0 Å². The van der Waals surface area contributed by atoms with Gasteiger partial charge in [-0.15, -0.1) is 0 Å². The van der Waals surface area contributed by atoms with Crippen LogP contribution in [0, 0.1) is 18.3 Å². The van der Waals surface area contributed by atoms with Crippen molar-refractivity contribution in [3.05, 3.63) is 29.3 Å². The second kappa shape index (κ2) is 5.16. The SMILES string of the molecule is Cc1ccc(N(C)CCC#N)c(C=O)c1. The minimum absolute atomic E-state index is 0.461. The van der Waals surface area contributed by atoms with Gasteiger partial charge >= 0.3 is 0 Å². The maximum atomic E-state index is 10.9. The molecule has 0 radical (unpaired) electrons. The van der Waals surface area contributed by atoms with Crippen molar-refractivity contribution in [1.29, 1.82) is 5.26 Å². The number of aldehydes is 1. The van der Waals surface area contributed by atoms with Crippen LogP contribution < -0.4 is 4.90 Å². The van der Waals surface area contributed by atoms with Crippen LogP contribution >= 0.6 is 0 Å². The van der Waals surface area contributed by atoms with E-state index >= 15 is 0 Å². The number of rotatable bonds is 4. The smallest absolute Gasteiger partial charge is 0.152 e. The fourth-order valence-corrected chi connectivity index (χ4v) is 1.45. The quantitative estimate of drug-likeness (QED) is 0.703. The third-order valence-corrected chi connectivity index (χ3v) is 2.28. The number of aryl methyl sites for hydroxylation is 1. The number of anilines is 1. The fraction of sp³-hybridized carbons (Fsp3) is 0.333. The second-order valence-electron chi connectivity index (χ2n) is 3.51. The molecule has 3 nitrogen and oxygen atoms in total. The van der Waals surface area contributed by atoms with Gasteiger partial charge in [-0.3, -0.25) is 4.79 Å².